The lowest BCUT2D eigenvalue weighted by molar-refractivity contribution is -0.144. The second kappa shape index (κ2) is 9.01. The zero-order valence-electron chi connectivity index (χ0n) is 15.8. The van der Waals surface area contributed by atoms with Crippen LogP contribution in [0.1, 0.15) is 36.7 Å². The highest BCUT2D eigenvalue weighted by Gasteiger charge is 2.34. The number of nitrogens with one attached hydrogen (secondary N) is 1. The maximum absolute atomic E-state index is 12.9. The van der Waals surface area contributed by atoms with Gasteiger partial charge in [0.15, 0.2) is 0 Å². The van der Waals surface area contributed by atoms with Crippen molar-refractivity contribution in [1.82, 2.24) is 15.2 Å². The van der Waals surface area contributed by atoms with Crippen molar-refractivity contribution in [1.29, 1.82) is 0 Å². The van der Waals surface area contributed by atoms with Gasteiger partial charge in [0.05, 0.1) is 30.5 Å². The van der Waals surface area contributed by atoms with Crippen LogP contribution >= 0.6 is 11.3 Å². The van der Waals surface area contributed by atoms with E-state index in [-0.39, 0.29) is 24.9 Å². The second-order valence-corrected chi connectivity index (χ2v) is 7.57. The SMILES string of the molecule is COC(=O)CCC(NC(=O)N1CCCC1c1nc2ccccc2s1)C(=O)OC. The number of fused-ring (bicyclic) bond motifs is 1. The Kier molecular flexibility index (Phi) is 6.45. The van der Waals surface area contributed by atoms with Gasteiger partial charge in [0.25, 0.3) is 0 Å². The van der Waals surface area contributed by atoms with E-state index < -0.39 is 18.0 Å². The molecule has 1 aliphatic heterocycles. The summed E-state index contributed by atoms with van der Waals surface area (Å²) in [6, 6.07) is 6.47. The lowest BCUT2D eigenvalue weighted by Crippen LogP contribution is -2.48. The van der Waals surface area contributed by atoms with Crippen LogP contribution in [-0.4, -0.2) is 54.7 Å². The molecule has 1 saturated heterocycles. The topological polar surface area (TPSA) is 97.8 Å². The summed E-state index contributed by atoms with van der Waals surface area (Å²) in [6.45, 7) is 0.581. The van der Waals surface area contributed by atoms with Crippen LogP contribution < -0.4 is 5.32 Å². The van der Waals surface area contributed by atoms with Crippen molar-refractivity contribution in [3.05, 3.63) is 29.3 Å². The standard InChI is InChI=1S/C19H23N3O5S/c1-26-16(23)10-9-13(18(24)27-2)21-19(25)22-11-5-7-14(22)17-20-12-6-3-4-8-15(12)28-17/h3-4,6,8,13-14H,5,7,9-11H2,1-2H3,(H,21,25). The van der Waals surface area contributed by atoms with Crippen molar-refractivity contribution in [2.45, 2.75) is 37.8 Å². The Hall–Kier alpha value is -2.68. The predicted molar refractivity (Wildman–Crippen MR) is 104 cm³/mol. The Morgan fingerprint density at radius 3 is 2.79 bits per heavy atom. The van der Waals surface area contributed by atoms with Crippen molar-refractivity contribution in [3.63, 3.8) is 0 Å². The van der Waals surface area contributed by atoms with Crippen LogP contribution in [0.25, 0.3) is 10.2 Å². The number of thiazole rings is 1. The minimum atomic E-state index is -0.909. The second-order valence-electron chi connectivity index (χ2n) is 6.51. The fraction of sp³-hybridized carbons (Fsp3) is 0.474. The maximum atomic E-state index is 12.9. The van der Waals surface area contributed by atoms with E-state index in [0.717, 1.165) is 28.1 Å². The fourth-order valence-electron chi connectivity index (χ4n) is 3.29. The monoisotopic (exact) mass is 405 g/mol. The summed E-state index contributed by atoms with van der Waals surface area (Å²) in [5.41, 5.74) is 0.917. The molecule has 2 amide bonds. The molecule has 2 heterocycles. The molecule has 2 unspecified atom stereocenters. The Labute approximate surface area is 166 Å². The number of likely N-dealkylation sites (tertiary alicyclic amines) is 1. The summed E-state index contributed by atoms with van der Waals surface area (Å²) in [4.78, 5) is 42.6. The highest BCUT2D eigenvalue weighted by atomic mass is 32.1. The molecular formula is C19H23N3O5S. The molecule has 3 rings (SSSR count). The zero-order chi connectivity index (χ0) is 20.1. The largest absolute Gasteiger partial charge is 0.469 e. The van der Waals surface area contributed by atoms with Gasteiger partial charge in [0.2, 0.25) is 0 Å². The Bertz CT molecular complexity index is 835. The molecule has 1 fully saturated rings. The molecule has 1 aromatic carbocycles. The minimum absolute atomic E-state index is 0.0118. The van der Waals surface area contributed by atoms with E-state index in [1.54, 1.807) is 16.2 Å². The number of amides is 2. The Morgan fingerprint density at radius 1 is 1.29 bits per heavy atom. The molecule has 150 valence electrons. The normalized spacial score (nSPS) is 17.4. The molecule has 0 radical (unpaired) electrons. The molecule has 8 nitrogen and oxygen atoms in total. The van der Waals surface area contributed by atoms with E-state index in [0.29, 0.717) is 6.54 Å². The van der Waals surface area contributed by atoms with Crippen molar-refractivity contribution in [2.24, 2.45) is 0 Å². The molecular weight excluding hydrogens is 382 g/mol. The van der Waals surface area contributed by atoms with Crippen LogP contribution in [0.4, 0.5) is 4.79 Å². The fourth-order valence-corrected chi connectivity index (χ4v) is 4.40. The van der Waals surface area contributed by atoms with Crippen molar-refractivity contribution in [2.75, 3.05) is 20.8 Å². The average molecular weight is 405 g/mol. The number of urea groups is 1. The quantitative estimate of drug-likeness (QED) is 0.742. The van der Waals surface area contributed by atoms with Gasteiger partial charge in [0.1, 0.15) is 11.0 Å². The third-order valence-electron chi connectivity index (χ3n) is 4.76. The molecule has 1 aliphatic rings. The van der Waals surface area contributed by atoms with Crippen LogP contribution in [0.3, 0.4) is 0 Å². The molecule has 2 aromatic rings. The number of rotatable bonds is 6. The van der Waals surface area contributed by atoms with Gasteiger partial charge >= 0.3 is 18.0 Å². The first-order valence-corrected chi connectivity index (χ1v) is 9.92. The van der Waals surface area contributed by atoms with Crippen molar-refractivity contribution in [3.8, 4) is 0 Å². The van der Waals surface area contributed by atoms with Crippen LogP contribution in [0.2, 0.25) is 0 Å². The number of ether oxygens (including phenoxy) is 2. The van der Waals surface area contributed by atoms with Crippen molar-refractivity contribution >= 4 is 39.5 Å². The molecule has 1 aromatic heterocycles. The van der Waals surface area contributed by atoms with E-state index in [2.05, 4.69) is 15.0 Å². The first-order valence-electron chi connectivity index (χ1n) is 9.10. The lowest BCUT2D eigenvalue weighted by Gasteiger charge is -2.26. The lowest BCUT2D eigenvalue weighted by atomic mass is 10.1. The number of para-hydroxylation sites is 1. The minimum Gasteiger partial charge on any atom is -0.469 e. The number of methoxy groups -OCH3 is 2. The van der Waals surface area contributed by atoms with Gasteiger partial charge in [-0.2, -0.15) is 0 Å². The summed E-state index contributed by atoms with van der Waals surface area (Å²) < 4.78 is 10.4. The van der Waals surface area contributed by atoms with Gasteiger partial charge in [-0.15, -0.1) is 11.3 Å². The van der Waals surface area contributed by atoms with Gasteiger partial charge in [-0.05, 0) is 31.4 Å². The number of hydrogen-bond donors (Lipinski definition) is 1. The Balaban J connectivity index is 1.71. The van der Waals surface area contributed by atoms with Gasteiger partial charge in [-0.25, -0.2) is 14.6 Å². The molecule has 0 saturated carbocycles. The number of carbonyl (C=O) groups is 3. The van der Waals surface area contributed by atoms with Gasteiger partial charge in [0, 0.05) is 13.0 Å². The number of hydrogen-bond acceptors (Lipinski definition) is 7. The number of esters is 2. The first kappa shape index (κ1) is 20.1. The molecule has 0 aliphatic carbocycles. The zero-order valence-corrected chi connectivity index (χ0v) is 16.7. The average Bonchev–Trinajstić information content (AvgIpc) is 3.36. The predicted octanol–water partition coefficient (Wildman–Crippen LogP) is 2.64. The molecule has 9 heteroatoms. The molecule has 0 bridgehead atoms. The van der Waals surface area contributed by atoms with E-state index in [1.807, 2.05) is 24.3 Å². The van der Waals surface area contributed by atoms with E-state index in [9.17, 15) is 14.4 Å². The first-order chi connectivity index (χ1) is 13.5. The van der Waals surface area contributed by atoms with Crippen LogP contribution in [0.5, 0.6) is 0 Å². The van der Waals surface area contributed by atoms with Gasteiger partial charge < -0.3 is 19.7 Å². The third kappa shape index (κ3) is 4.41. The number of nitrogens with zero attached hydrogens (tertiary/aromatic N) is 2. The smallest absolute Gasteiger partial charge is 0.328 e. The molecule has 1 N–H and O–H groups in total. The van der Waals surface area contributed by atoms with Crippen LogP contribution in [0, 0.1) is 0 Å². The van der Waals surface area contributed by atoms with E-state index >= 15 is 0 Å². The van der Waals surface area contributed by atoms with Crippen molar-refractivity contribution < 1.29 is 23.9 Å². The molecule has 2 atom stereocenters. The highest BCUT2D eigenvalue weighted by Crippen LogP contribution is 2.36. The summed E-state index contributed by atoms with van der Waals surface area (Å²) in [7, 11) is 2.53. The number of benzene rings is 1. The van der Waals surface area contributed by atoms with E-state index in [1.165, 1.54) is 14.2 Å². The van der Waals surface area contributed by atoms with Gasteiger partial charge in [-0.3, -0.25) is 4.79 Å². The molecule has 28 heavy (non-hydrogen) atoms. The maximum Gasteiger partial charge on any atom is 0.328 e. The highest BCUT2D eigenvalue weighted by molar-refractivity contribution is 7.18. The van der Waals surface area contributed by atoms with Crippen LogP contribution in [-0.2, 0) is 19.1 Å². The van der Waals surface area contributed by atoms with Crippen LogP contribution in [0.15, 0.2) is 24.3 Å². The summed E-state index contributed by atoms with van der Waals surface area (Å²) >= 11 is 1.58. The summed E-state index contributed by atoms with van der Waals surface area (Å²) in [5.74, 6) is -1.04. The Morgan fingerprint density at radius 2 is 2.07 bits per heavy atom. The summed E-state index contributed by atoms with van der Waals surface area (Å²) in [5, 5.41) is 3.59. The van der Waals surface area contributed by atoms with Gasteiger partial charge in [-0.1, -0.05) is 12.1 Å². The number of carbonyl (C=O) groups excluding carboxylic acids is 3. The van der Waals surface area contributed by atoms with E-state index in [4.69, 9.17) is 4.74 Å². The number of aromatic nitrogens is 1. The molecule has 0 spiro atoms. The third-order valence-corrected chi connectivity index (χ3v) is 5.90. The summed E-state index contributed by atoms with van der Waals surface area (Å²) in [6.07, 6.45) is 1.81.